The maximum Gasteiger partial charge on any atom is 0.225 e. The topological polar surface area (TPSA) is 41.1 Å². The largest absolute Gasteiger partial charge is 0.382 e. The van der Waals surface area contributed by atoms with Gasteiger partial charge < -0.3 is 10.6 Å². The van der Waals surface area contributed by atoms with Gasteiger partial charge in [0, 0.05) is 17.8 Å². The first-order valence-corrected chi connectivity index (χ1v) is 7.89. The Morgan fingerprint density at radius 3 is 2.75 bits per heavy atom. The van der Waals surface area contributed by atoms with Crippen molar-refractivity contribution < 1.29 is 4.79 Å². The quantitative estimate of drug-likeness (QED) is 0.868. The highest BCUT2D eigenvalue weighted by Crippen LogP contribution is 2.28. The first-order valence-electron chi connectivity index (χ1n) is 7.89. The summed E-state index contributed by atoms with van der Waals surface area (Å²) in [6.45, 7) is 2.11. The van der Waals surface area contributed by atoms with Gasteiger partial charge in [-0.3, -0.25) is 4.79 Å². The van der Waals surface area contributed by atoms with Gasteiger partial charge in [0.2, 0.25) is 5.91 Å². The predicted molar refractivity (Wildman–Crippen MR) is 81.7 cm³/mol. The third-order valence-corrected chi connectivity index (χ3v) is 4.73. The third kappa shape index (κ3) is 2.82. The van der Waals surface area contributed by atoms with Gasteiger partial charge in [0.05, 0.1) is 5.92 Å². The number of hydrogen-bond acceptors (Lipinski definition) is 2. The second-order valence-corrected chi connectivity index (χ2v) is 6.24. The molecule has 1 amide bonds. The maximum atomic E-state index is 12.5. The lowest BCUT2D eigenvalue weighted by Gasteiger charge is -2.33. The van der Waals surface area contributed by atoms with Crippen molar-refractivity contribution in [1.82, 2.24) is 5.32 Å². The minimum atomic E-state index is 0.0480. The van der Waals surface area contributed by atoms with Crippen LogP contribution < -0.4 is 10.6 Å². The van der Waals surface area contributed by atoms with E-state index in [1.165, 1.54) is 30.5 Å². The normalized spacial score (nSPS) is 26.4. The molecule has 0 radical (unpaired) electrons. The van der Waals surface area contributed by atoms with Crippen molar-refractivity contribution >= 4 is 11.6 Å². The van der Waals surface area contributed by atoms with Gasteiger partial charge in [-0.2, -0.15) is 0 Å². The summed E-state index contributed by atoms with van der Waals surface area (Å²) in [5.41, 5.74) is 2.44. The van der Waals surface area contributed by atoms with E-state index in [9.17, 15) is 4.79 Å². The van der Waals surface area contributed by atoms with Crippen LogP contribution in [0.1, 0.15) is 44.6 Å². The van der Waals surface area contributed by atoms with Crippen LogP contribution in [0.3, 0.4) is 0 Å². The lowest BCUT2D eigenvalue weighted by Crippen LogP contribution is -2.47. The highest BCUT2D eigenvalue weighted by Gasteiger charge is 2.31. The van der Waals surface area contributed by atoms with Gasteiger partial charge in [0.1, 0.15) is 0 Å². The molecule has 0 spiro atoms. The van der Waals surface area contributed by atoms with Gasteiger partial charge in [-0.25, -0.2) is 0 Å². The zero-order valence-corrected chi connectivity index (χ0v) is 12.2. The fourth-order valence-electron chi connectivity index (χ4n) is 3.47. The van der Waals surface area contributed by atoms with E-state index in [0.29, 0.717) is 6.04 Å². The van der Waals surface area contributed by atoms with Crippen LogP contribution in [-0.2, 0) is 11.2 Å². The van der Waals surface area contributed by atoms with Crippen LogP contribution in [-0.4, -0.2) is 18.0 Å². The summed E-state index contributed by atoms with van der Waals surface area (Å²) >= 11 is 0. The van der Waals surface area contributed by atoms with Gasteiger partial charge >= 0.3 is 0 Å². The number of carbonyl (C=O) groups excluding carboxylic acids is 1. The van der Waals surface area contributed by atoms with E-state index in [-0.39, 0.29) is 17.9 Å². The molecule has 3 heteroatoms. The molecular formula is C17H24N2O. The number of fused-ring (bicyclic) bond motifs is 1. The van der Waals surface area contributed by atoms with Gasteiger partial charge in [-0.15, -0.1) is 0 Å². The molecule has 0 aromatic heterocycles. The van der Waals surface area contributed by atoms with Crippen molar-refractivity contribution in [1.29, 1.82) is 0 Å². The lowest BCUT2D eigenvalue weighted by atomic mass is 9.86. The molecule has 1 saturated carbocycles. The molecule has 2 aliphatic rings. The van der Waals surface area contributed by atoms with Crippen molar-refractivity contribution in [2.45, 2.75) is 57.5 Å². The predicted octanol–water partition coefficient (Wildman–Crippen LogP) is 3.11. The summed E-state index contributed by atoms with van der Waals surface area (Å²) in [7, 11) is 0. The number of rotatable bonds is 2. The standard InChI is InChI=1S/C17H24N2O/c1-12-15(11-13-7-5-6-10-16(13)18-12)17(20)19-14-8-3-2-4-9-14/h5-7,10,12,14-15,18H,2-4,8-9,11H2,1H3,(H,19,20). The SMILES string of the molecule is CC1Nc2ccccc2CC1C(=O)NC1CCCCC1. The average molecular weight is 272 g/mol. The van der Waals surface area contributed by atoms with Crippen LogP contribution in [0.4, 0.5) is 5.69 Å². The summed E-state index contributed by atoms with van der Waals surface area (Å²) in [5.74, 6) is 0.276. The molecule has 1 aliphatic heterocycles. The highest BCUT2D eigenvalue weighted by molar-refractivity contribution is 5.81. The number of anilines is 1. The van der Waals surface area contributed by atoms with Crippen molar-refractivity contribution in [3.8, 4) is 0 Å². The molecule has 2 N–H and O–H groups in total. The molecule has 2 atom stereocenters. The summed E-state index contributed by atoms with van der Waals surface area (Å²) < 4.78 is 0. The number of carbonyl (C=O) groups is 1. The number of hydrogen-bond donors (Lipinski definition) is 2. The highest BCUT2D eigenvalue weighted by atomic mass is 16.2. The molecule has 20 heavy (non-hydrogen) atoms. The molecule has 3 nitrogen and oxygen atoms in total. The van der Waals surface area contributed by atoms with E-state index < -0.39 is 0 Å². The summed E-state index contributed by atoms with van der Waals surface area (Å²) in [6, 6.07) is 8.91. The van der Waals surface area contributed by atoms with Crippen LogP contribution in [0.2, 0.25) is 0 Å². The zero-order chi connectivity index (χ0) is 13.9. The average Bonchev–Trinajstić information content (AvgIpc) is 2.47. The van der Waals surface area contributed by atoms with Gasteiger partial charge in [0.15, 0.2) is 0 Å². The van der Waals surface area contributed by atoms with E-state index in [2.05, 4.69) is 29.7 Å². The Kier molecular flexibility index (Phi) is 3.95. The molecule has 1 fully saturated rings. The molecule has 1 aliphatic carbocycles. The monoisotopic (exact) mass is 272 g/mol. The summed E-state index contributed by atoms with van der Waals surface area (Å²) in [4.78, 5) is 12.5. The maximum absolute atomic E-state index is 12.5. The third-order valence-electron chi connectivity index (χ3n) is 4.73. The minimum absolute atomic E-state index is 0.0480. The Labute approximate surface area is 121 Å². The lowest BCUT2D eigenvalue weighted by molar-refractivity contribution is -0.126. The van der Waals surface area contributed by atoms with Crippen molar-refractivity contribution in [3.05, 3.63) is 29.8 Å². The van der Waals surface area contributed by atoms with E-state index in [1.807, 2.05) is 12.1 Å². The van der Waals surface area contributed by atoms with Crippen LogP contribution in [0.15, 0.2) is 24.3 Å². The molecule has 3 rings (SSSR count). The molecule has 0 bridgehead atoms. The molecule has 1 aromatic rings. The number of nitrogens with one attached hydrogen (secondary N) is 2. The van der Waals surface area contributed by atoms with E-state index in [1.54, 1.807) is 0 Å². The number of benzene rings is 1. The Morgan fingerprint density at radius 1 is 1.20 bits per heavy atom. The van der Waals surface area contributed by atoms with Crippen LogP contribution >= 0.6 is 0 Å². The smallest absolute Gasteiger partial charge is 0.225 e. The van der Waals surface area contributed by atoms with Crippen molar-refractivity contribution in [2.75, 3.05) is 5.32 Å². The van der Waals surface area contributed by atoms with Crippen LogP contribution in [0.5, 0.6) is 0 Å². The molecule has 1 heterocycles. The van der Waals surface area contributed by atoms with Gasteiger partial charge in [-0.05, 0) is 37.8 Å². The van der Waals surface area contributed by atoms with E-state index >= 15 is 0 Å². The Morgan fingerprint density at radius 2 is 1.95 bits per heavy atom. The molecule has 108 valence electrons. The summed E-state index contributed by atoms with van der Waals surface area (Å²) in [5, 5.41) is 6.74. The minimum Gasteiger partial charge on any atom is -0.382 e. The van der Waals surface area contributed by atoms with E-state index in [4.69, 9.17) is 0 Å². The fraction of sp³-hybridized carbons (Fsp3) is 0.588. The fourth-order valence-corrected chi connectivity index (χ4v) is 3.47. The van der Waals surface area contributed by atoms with Crippen LogP contribution in [0, 0.1) is 5.92 Å². The molecule has 0 saturated heterocycles. The second-order valence-electron chi connectivity index (χ2n) is 6.24. The Bertz CT molecular complexity index is 480. The number of amides is 1. The van der Waals surface area contributed by atoms with Crippen molar-refractivity contribution in [2.24, 2.45) is 5.92 Å². The van der Waals surface area contributed by atoms with Crippen LogP contribution in [0.25, 0.3) is 0 Å². The van der Waals surface area contributed by atoms with Gasteiger partial charge in [-0.1, -0.05) is 37.5 Å². The molecule has 2 unspecified atom stereocenters. The Balaban J connectivity index is 1.66. The molecule has 1 aromatic carbocycles. The van der Waals surface area contributed by atoms with Crippen molar-refractivity contribution in [3.63, 3.8) is 0 Å². The Hall–Kier alpha value is -1.51. The van der Waals surface area contributed by atoms with E-state index in [0.717, 1.165) is 19.3 Å². The van der Waals surface area contributed by atoms with Gasteiger partial charge in [0.25, 0.3) is 0 Å². The summed E-state index contributed by atoms with van der Waals surface area (Å²) in [6.07, 6.45) is 6.98. The first kappa shape index (κ1) is 13.5. The molecular weight excluding hydrogens is 248 g/mol. The number of para-hydroxylation sites is 1. The second kappa shape index (κ2) is 5.86. The first-order chi connectivity index (χ1) is 9.74. The zero-order valence-electron chi connectivity index (χ0n) is 12.2.